The smallest absolute Gasteiger partial charge is 0.310 e. The van der Waals surface area contributed by atoms with Crippen LogP contribution in [0.4, 0.5) is 0 Å². The lowest BCUT2D eigenvalue weighted by molar-refractivity contribution is -0.250. The van der Waals surface area contributed by atoms with Gasteiger partial charge in [0, 0.05) is 0 Å². The van der Waals surface area contributed by atoms with Crippen molar-refractivity contribution < 1.29 is 15.0 Å². The van der Waals surface area contributed by atoms with Crippen molar-refractivity contribution in [3.05, 3.63) is 23.8 Å². The van der Waals surface area contributed by atoms with Crippen molar-refractivity contribution in [2.75, 3.05) is 0 Å². The lowest BCUT2D eigenvalue weighted by Crippen LogP contribution is -2.68. The third-order valence-electron chi connectivity index (χ3n) is 17.8. The van der Waals surface area contributed by atoms with Crippen LogP contribution in [0.2, 0.25) is 0 Å². The van der Waals surface area contributed by atoms with Gasteiger partial charge in [-0.3, -0.25) is 4.79 Å². The van der Waals surface area contributed by atoms with Gasteiger partial charge in [0.2, 0.25) is 0 Å². The van der Waals surface area contributed by atoms with Gasteiger partial charge in [-0.1, -0.05) is 137 Å². The maximum Gasteiger partial charge on any atom is 0.310 e. The van der Waals surface area contributed by atoms with Crippen molar-refractivity contribution in [1.82, 2.24) is 0 Å². The first-order valence-corrected chi connectivity index (χ1v) is 22.3. The number of carbonyl (C=O) groups is 1. The van der Waals surface area contributed by atoms with Crippen LogP contribution >= 0.6 is 0 Å². The number of unbranched alkanes of at least 4 members (excludes halogenated alkanes) is 9. The molecule has 0 spiro atoms. The standard InChI is InChI=1S/C48H82O3/c1-10-12-13-14-15-16-17-18-19-20-21-22-23-24-36(11-2)48(51)34-30-44(7)39(43(48,5)6)27-28-46(9)40(44)26-25-37-38-35-42(3,4)29-32-47(38,41(49)50)33-31-45(37,46)8/h18-19,25,36,38-40,51H,10-17,20-24,26-35H2,1-9H3,(H,49,50)/t36?,38-,39-,40+,44-,45+,46+,47-,48+/m0/s1. The molecule has 5 aliphatic rings. The van der Waals surface area contributed by atoms with Crippen molar-refractivity contribution >= 4 is 5.97 Å². The molecule has 0 saturated heterocycles. The first kappa shape index (κ1) is 41.1. The highest BCUT2D eigenvalue weighted by atomic mass is 16.4. The van der Waals surface area contributed by atoms with Gasteiger partial charge in [-0.15, -0.1) is 0 Å². The third-order valence-corrected chi connectivity index (χ3v) is 17.8. The lowest BCUT2D eigenvalue weighted by atomic mass is 9.32. The molecule has 5 aliphatic carbocycles. The van der Waals surface area contributed by atoms with Crippen LogP contribution < -0.4 is 0 Å². The molecule has 0 radical (unpaired) electrons. The predicted molar refractivity (Wildman–Crippen MR) is 216 cm³/mol. The minimum Gasteiger partial charge on any atom is -0.481 e. The first-order valence-electron chi connectivity index (χ1n) is 22.3. The summed E-state index contributed by atoms with van der Waals surface area (Å²) in [5.41, 5.74) is 0.786. The number of hydrogen-bond acceptors (Lipinski definition) is 2. The monoisotopic (exact) mass is 707 g/mol. The van der Waals surface area contributed by atoms with Gasteiger partial charge in [-0.2, -0.15) is 0 Å². The molecule has 4 saturated carbocycles. The molecule has 1 unspecified atom stereocenters. The van der Waals surface area contributed by atoms with Gasteiger partial charge in [0.25, 0.3) is 0 Å². The number of rotatable bonds is 16. The maximum atomic E-state index is 13.0. The van der Waals surface area contributed by atoms with Crippen molar-refractivity contribution in [3.8, 4) is 0 Å². The topological polar surface area (TPSA) is 57.5 Å². The Hall–Kier alpha value is -1.09. The summed E-state index contributed by atoms with van der Waals surface area (Å²) in [4.78, 5) is 13.0. The first-order chi connectivity index (χ1) is 24.0. The van der Waals surface area contributed by atoms with Crippen LogP contribution in [0.25, 0.3) is 0 Å². The van der Waals surface area contributed by atoms with E-state index in [0.29, 0.717) is 17.8 Å². The van der Waals surface area contributed by atoms with Crippen LogP contribution in [0.15, 0.2) is 23.8 Å². The lowest BCUT2D eigenvalue weighted by Gasteiger charge is -2.72. The van der Waals surface area contributed by atoms with Gasteiger partial charge < -0.3 is 10.2 Å². The van der Waals surface area contributed by atoms with Gasteiger partial charge in [-0.25, -0.2) is 0 Å². The zero-order valence-electron chi connectivity index (χ0n) is 35.1. The second-order valence-corrected chi connectivity index (χ2v) is 21.1. The summed E-state index contributed by atoms with van der Waals surface area (Å²) in [5, 5.41) is 23.6. The van der Waals surface area contributed by atoms with E-state index in [1.165, 1.54) is 89.0 Å². The average Bonchev–Trinajstić information content (AvgIpc) is 3.07. The van der Waals surface area contributed by atoms with Gasteiger partial charge >= 0.3 is 5.97 Å². The summed E-state index contributed by atoms with van der Waals surface area (Å²) < 4.78 is 0. The number of aliphatic hydroxyl groups is 1. The molecule has 0 aromatic carbocycles. The minimum atomic E-state index is -0.615. The highest BCUT2D eigenvalue weighted by Crippen LogP contribution is 2.77. The predicted octanol–water partition coefficient (Wildman–Crippen LogP) is 13.9. The van der Waals surface area contributed by atoms with E-state index in [1.807, 2.05) is 0 Å². The zero-order valence-corrected chi connectivity index (χ0v) is 35.1. The van der Waals surface area contributed by atoms with E-state index in [0.717, 1.165) is 64.2 Å². The van der Waals surface area contributed by atoms with Crippen molar-refractivity contribution in [1.29, 1.82) is 0 Å². The van der Waals surface area contributed by atoms with Crippen LogP contribution in [-0.2, 0) is 4.79 Å². The Morgan fingerprint density at radius 1 is 0.784 bits per heavy atom. The van der Waals surface area contributed by atoms with Gasteiger partial charge in [0.15, 0.2) is 0 Å². The van der Waals surface area contributed by atoms with E-state index in [2.05, 4.69) is 80.5 Å². The Morgan fingerprint density at radius 3 is 2.06 bits per heavy atom. The van der Waals surface area contributed by atoms with Crippen molar-refractivity contribution in [3.63, 3.8) is 0 Å². The average molecular weight is 707 g/mol. The van der Waals surface area contributed by atoms with E-state index < -0.39 is 17.0 Å². The Morgan fingerprint density at radius 2 is 1.41 bits per heavy atom. The van der Waals surface area contributed by atoms with E-state index in [1.54, 1.807) is 0 Å². The molecular formula is C48H82O3. The fraction of sp³-hybridized carbons (Fsp3) is 0.896. The molecule has 51 heavy (non-hydrogen) atoms. The second kappa shape index (κ2) is 15.6. The van der Waals surface area contributed by atoms with Crippen LogP contribution in [0.3, 0.4) is 0 Å². The second-order valence-electron chi connectivity index (χ2n) is 21.1. The summed E-state index contributed by atoms with van der Waals surface area (Å²) in [5.74, 6) is 1.07. The minimum absolute atomic E-state index is 0.0498. The number of fused-ring (bicyclic) bond motifs is 7. The van der Waals surface area contributed by atoms with E-state index >= 15 is 0 Å². The molecule has 0 aliphatic heterocycles. The maximum absolute atomic E-state index is 13.0. The summed E-state index contributed by atoms with van der Waals surface area (Å²) in [6.07, 6.45) is 34.3. The molecule has 0 aromatic heterocycles. The number of carboxylic acid groups (broad SMARTS) is 1. The Kier molecular flexibility index (Phi) is 12.5. The molecule has 0 aromatic rings. The summed E-state index contributed by atoms with van der Waals surface area (Å²) in [6, 6.07) is 0. The number of allylic oxidation sites excluding steroid dienone is 4. The fourth-order valence-corrected chi connectivity index (χ4v) is 14.2. The van der Waals surface area contributed by atoms with Crippen LogP contribution in [0, 0.1) is 56.2 Å². The van der Waals surface area contributed by atoms with Crippen LogP contribution in [0.5, 0.6) is 0 Å². The van der Waals surface area contributed by atoms with Crippen LogP contribution in [0.1, 0.15) is 210 Å². The Labute approximate surface area is 315 Å². The Balaban J connectivity index is 1.24. The summed E-state index contributed by atoms with van der Waals surface area (Å²) in [6.45, 7) is 22.1. The largest absolute Gasteiger partial charge is 0.481 e. The van der Waals surface area contributed by atoms with Crippen molar-refractivity contribution in [2.45, 2.75) is 216 Å². The summed E-state index contributed by atoms with van der Waals surface area (Å²) in [7, 11) is 0. The van der Waals surface area contributed by atoms with Gasteiger partial charge in [-0.05, 0) is 147 Å². The highest BCUT2D eigenvalue weighted by molar-refractivity contribution is 5.76. The molecular weight excluding hydrogens is 625 g/mol. The van der Waals surface area contributed by atoms with Gasteiger partial charge in [0.05, 0.1) is 11.0 Å². The number of aliphatic carboxylic acids is 1. The molecule has 5 rings (SSSR count). The van der Waals surface area contributed by atoms with Gasteiger partial charge in [0.1, 0.15) is 0 Å². The third kappa shape index (κ3) is 7.12. The molecule has 0 bridgehead atoms. The van der Waals surface area contributed by atoms with E-state index in [4.69, 9.17) is 0 Å². The molecule has 2 N–H and O–H groups in total. The molecule has 3 nitrogen and oxygen atoms in total. The Bertz CT molecular complexity index is 1260. The SMILES string of the molecule is CCCCCCCCC=CCCCCCC(CC)[C@]1(O)CC[C@]2(C)[C@H]3CC=C4[C@@H]5CC(C)(C)CC[C@]5(C(=O)O)CC[C@@]4(C)[C@]3(C)CC[C@H]2C1(C)C. The molecule has 292 valence electrons. The molecule has 9 atom stereocenters. The quantitative estimate of drug-likeness (QED) is 0.124. The molecule has 4 fully saturated rings. The number of hydrogen-bond donors (Lipinski definition) is 2. The van der Waals surface area contributed by atoms with E-state index in [9.17, 15) is 15.0 Å². The summed E-state index contributed by atoms with van der Waals surface area (Å²) >= 11 is 0. The number of carboxylic acids is 1. The molecule has 3 heteroatoms. The van der Waals surface area contributed by atoms with E-state index in [-0.39, 0.29) is 33.0 Å². The molecule has 0 amide bonds. The normalized spacial score (nSPS) is 40.4. The molecule has 0 heterocycles. The van der Waals surface area contributed by atoms with Crippen molar-refractivity contribution in [2.24, 2.45) is 56.2 Å². The van der Waals surface area contributed by atoms with Crippen LogP contribution in [-0.4, -0.2) is 21.8 Å². The zero-order chi connectivity index (χ0) is 37.3. The highest BCUT2D eigenvalue weighted by Gasteiger charge is 2.71. The fourth-order valence-electron chi connectivity index (χ4n) is 14.2.